The smallest absolute Gasteiger partial charge is 0.227 e. The summed E-state index contributed by atoms with van der Waals surface area (Å²) in [5, 5.41) is 2.96. The molecule has 0 aliphatic carbocycles. The Morgan fingerprint density at radius 1 is 1.13 bits per heavy atom. The molecule has 1 saturated heterocycles. The lowest BCUT2D eigenvalue weighted by molar-refractivity contribution is -0.120. The summed E-state index contributed by atoms with van der Waals surface area (Å²) >= 11 is 3.53. The normalized spacial score (nSPS) is 13.4. The van der Waals surface area contributed by atoms with Crippen LogP contribution in [0, 0.1) is 0 Å². The maximum absolute atomic E-state index is 12.5. The van der Waals surface area contributed by atoms with Gasteiger partial charge in [0.15, 0.2) is 11.5 Å². The second-order valence-electron chi connectivity index (χ2n) is 7.03. The fraction of sp³-hybridized carbons (Fsp3) is 0.391. The Hall–Kier alpha value is -2.54. The van der Waals surface area contributed by atoms with E-state index in [0.29, 0.717) is 37.7 Å². The highest BCUT2D eigenvalue weighted by Gasteiger charge is 2.21. The largest absolute Gasteiger partial charge is 0.490 e. The van der Waals surface area contributed by atoms with Gasteiger partial charge in [0.05, 0.1) is 19.6 Å². The van der Waals surface area contributed by atoms with E-state index in [0.717, 1.165) is 34.3 Å². The molecule has 1 fully saturated rings. The fourth-order valence-corrected chi connectivity index (χ4v) is 3.90. The monoisotopic (exact) mass is 474 g/mol. The lowest BCUT2D eigenvalue weighted by Gasteiger charge is -2.17. The molecule has 0 atom stereocenters. The molecule has 0 unspecified atom stereocenters. The summed E-state index contributed by atoms with van der Waals surface area (Å²) in [5.41, 5.74) is 2.68. The van der Waals surface area contributed by atoms with E-state index in [-0.39, 0.29) is 18.2 Å². The Balaban J connectivity index is 1.63. The van der Waals surface area contributed by atoms with E-state index in [2.05, 4.69) is 21.2 Å². The molecule has 7 heteroatoms. The standard InChI is InChI=1S/C23H27BrN2O4/c1-3-29-20-12-17(19(24)14-21(20)30-4-2)13-22(27)25-15-16-7-5-8-18(11-16)26-10-6-9-23(26)28/h5,7-8,11-12,14H,3-4,6,9-10,13,15H2,1-2H3,(H,25,27). The van der Waals surface area contributed by atoms with Crippen molar-refractivity contribution in [2.75, 3.05) is 24.7 Å². The van der Waals surface area contributed by atoms with E-state index < -0.39 is 0 Å². The van der Waals surface area contributed by atoms with Gasteiger partial charge >= 0.3 is 0 Å². The van der Waals surface area contributed by atoms with E-state index in [9.17, 15) is 9.59 Å². The van der Waals surface area contributed by atoms with Crippen LogP contribution in [0.1, 0.15) is 37.8 Å². The third-order valence-corrected chi connectivity index (χ3v) is 5.59. The van der Waals surface area contributed by atoms with Gasteiger partial charge in [-0.3, -0.25) is 9.59 Å². The van der Waals surface area contributed by atoms with Crippen molar-refractivity contribution in [3.63, 3.8) is 0 Å². The molecule has 0 radical (unpaired) electrons. The summed E-state index contributed by atoms with van der Waals surface area (Å²) in [7, 11) is 0. The Labute approximate surface area is 185 Å². The van der Waals surface area contributed by atoms with E-state index in [1.165, 1.54) is 0 Å². The minimum atomic E-state index is -0.0926. The molecule has 2 amide bonds. The predicted molar refractivity (Wildman–Crippen MR) is 120 cm³/mol. The van der Waals surface area contributed by atoms with Crippen LogP contribution in [0.15, 0.2) is 40.9 Å². The van der Waals surface area contributed by atoms with Crippen LogP contribution in [-0.2, 0) is 22.6 Å². The Morgan fingerprint density at radius 2 is 1.87 bits per heavy atom. The third kappa shape index (κ3) is 5.53. The van der Waals surface area contributed by atoms with Crippen LogP contribution >= 0.6 is 15.9 Å². The lowest BCUT2D eigenvalue weighted by atomic mass is 10.1. The second kappa shape index (κ2) is 10.5. The molecule has 0 saturated carbocycles. The highest BCUT2D eigenvalue weighted by Crippen LogP contribution is 2.34. The minimum absolute atomic E-state index is 0.0926. The molecule has 160 valence electrons. The second-order valence-corrected chi connectivity index (χ2v) is 7.88. The first kappa shape index (κ1) is 22.2. The van der Waals surface area contributed by atoms with Gasteiger partial charge in [-0.25, -0.2) is 0 Å². The van der Waals surface area contributed by atoms with Gasteiger partial charge in [0.25, 0.3) is 0 Å². The number of benzene rings is 2. The number of nitrogens with zero attached hydrogens (tertiary/aromatic N) is 1. The SMILES string of the molecule is CCOc1cc(Br)c(CC(=O)NCc2cccc(N3CCCC3=O)c2)cc1OCC. The van der Waals surface area contributed by atoms with Gasteiger partial charge in [-0.15, -0.1) is 0 Å². The van der Waals surface area contributed by atoms with Gasteiger partial charge in [0.1, 0.15) is 0 Å². The van der Waals surface area contributed by atoms with Crippen LogP contribution < -0.4 is 19.7 Å². The minimum Gasteiger partial charge on any atom is -0.490 e. The number of hydrogen-bond acceptors (Lipinski definition) is 4. The maximum Gasteiger partial charge on any atom is 0.227 e. The van der Waals surface area contributed by atoms with Crippen LogP contribution in [-0.4, -0.2) is 31.6 Å². The summed E-state index contributed by atoms with van der Waals surface area (Å²) in [6.45, 7) is 6.04. The summed E-state index contributed by atoms with van der Waals surface area (Å²) in [6.07, 6.45) is 1.71. The summed E-state index contributed by atoms with van der Waals surface area (Å²) in [4.78, 5) is 26.3. The van der Waals surface area contributed by atoms with Gasteiger partial charge < -0.3 is 19.7 Å². The van der Waals surface area contributed by atoms with Crippen LogP contribution in [0.5, 0.6) is 11.5 Å². The van der Waals surface area contributed by atoms with Gasteiger partial charge in [0.2, 0.25) is 11.8 Å². The molecule has 0 bridgehead atoms. The molecule has 0 aromatic heterocycles. The zero-order valence-electron chi connectivity index (χ0n) is 17.4. The van der Waals surface area contributed by atoms with Crippen molar-refractivity contribution < 1.29 is 19.1 Å². The van der Waals surface area contributed by atoms with Crippen LogP contribution in [0.2, 0.25) is 0 Å². The van der Waals surface area contributed by atoms with Gasteiger partial charge in [-0.05, 0) is 55.7 Å². The molecule has 0 spiro atoms. The van der Waals surface area contributed by atoms with Crippen LogP contribution in [0.4, 0.5) is 5.69 Å². The molecular formula is C23H27BrN2O4. The first-order valence-corrected chi connectivity index (χ1v) is 11.0. The van der Waals surface area contributed by atoms with E-state index >= 15 is 0 Å². The molecule has 30 heavy (non-hydrogen) atoms. The molecule has 1 heterocycles. The average molecular weight is 475 g/mol. The van der Waals surface area contributed by atoms with Gasteiger partial charge in [-0.2, -0.15) is 0 Å². The zero-order chi connectivity index (χ0) is 21.5. The number of halogens is 1. The highest BCUT2D eigenvalue weighted by atomic mass is 79.9. The molecule has 6 nitrogen and oxygen atoms in total. The number of carbonyl (C=O) groups is 2. The van der Waals surface area contributed by atoms with Crippen molar-refractivity contribution in [1.82, 2.24) is 5.32 Å². The van der Waals surface area contributed by atoms with Gasteiger partial charge in [0, 0.05) is 29.7 Å². The molecular weight excluding hydrogens is 448 g/mol. The van der Waals surface area contributed by atoms with Crippen molar-refractivity contribution in [3.05, 3.63) is 52.0 Å². The average Bonchev–Trinajstić information content (AvgIpc) is 3.16. The highest BCUT2D eigenvalue weighted by molar-refractivity contribution is 9.10. The quantitative estimate of drug-likeness (QED) is 0.590. The molecule has 3 rings (SSSR count). The number of anilines is 1. The topological polar surface area (TPSA) is 67.9 Å². The number of hydrogen-bond donors (Lipinski definition) is 1. The summed E-state index contributed by atoms with van der Waals surface area (Å²) < 4.78 is 12.1. The maximum atomic E-state index is 12.5. The Kier molecular flexibility index (Phi) is 7.74. The zero-order valence-corrected chi connectivity index (χ0v) is 19.0. The first-order valence-electron chi connectivity index (χ1n) is 10.3. The number of ether oxygens (including phenoxy) is 2. The molecule has 1 aliphatic heterocycles. The molecule has 1 aliphatic rings. The lowest BCUT2D eigenvalue weighted by Crippen LogP contribution is -2.26. The number of rotatable bonds is 9. The molecule has 1 N–H and O–H groups in total. The molecule has 2 aromatic carbocycles. The number of nitrogens with one attached hydrogen (secondary N) is 1. The van der Waals surface area contributed by atoms with E-state index in [1.54, 1.807) is 4.90 Å². The van der Waals surface area contributed by atoms with Gasteiger partial charge in [-0.1, -0.05) is 28.1 Å². The van der Waals surface area contributed by atoms with Crippen molar-refractivity contribution in [3.8, 4) is 11.5 Å². The Morgan fingerprint density at radius 3 is 2.53 bits per heavy atom. The first-order chi connectivity index (χ1) is 14.5. The Bertz CT molecular complexity index is 916. The van der Waals surface area contributed by atoms with Crippen molar-refractivity contribution in [2.45, 2.75) is 39.7 Å². The molecule has 2 aromatic rings. The van der Waals surface area contributed by atoms with Crippen molar-refractivity contribution in [2.24, 2.45) is 0 Å². The van der Waals surface area contributed by atoms with Crippen LogP contribution in [0.25, 0.3) is 0 Å². The van der Waals surface area contributed by atoms with E-state index in [1.807, 2.05) is 50.2 Å². The van der Waals surface area contributed by atoms with Crippen LogP contribution in [0.3, 0.4) is 0 Å². The number of amides is 2. The van der Waals surface area contributed by atoms with E-state index in [4.69, 9.17) is 9.47 Å². The van der Waals surface area contributed by atoms with Crippen molar-refractivity contribution >= 4 is 33.4 Å². The fourth-order valence-electron chi connectivity index (χ4n) is 3.44. The third-order valence-electron chi connectivity index (χ3n) is 4.85. The predicted octanol–water partition coefficient (Wildman–Crippen LogP) is 4.23. The van der Waals surface area contributed by atoms with Crippen molar-refractivity contribution in [1.29, 1.82) is 0 Å². The summed E-state index contributed by atoms with van der Waals surface area (Å²) in [5.74, 6) is 1.35. The summed E-state index contributed by atoms with van der Waals surface area (Å²) in [6, 6.07) is 11.4. The number of carbonyl (C=O) groups excluding carboxylic acids is 2.